The lowest BCUT2D eigenvalue weighted by molar-refractivity contribution is 0.161. The molecule has 0 fully saturated rings. The Morgan fingerprint density at radius 3 is 2.79 bits per heavy atom. The van der Waals surface area contributed by atoms with Crippen molar-refractivity contribution in [1.29, 1.82) is 0 Å². The van der Waals surface area contributed by atoms with Gasteiger partial charge in [0.1, 0.15) is 5.82 Å². The predicted molar refractivity (Wildman–Crippen MR) is 59.0 cm³/mol. The number of halogens is 3. The van der Waals surface area contributed by atoms with E-state index in [4.69, 9.17) is 11.6 Å². The minimum absolute atomic E-state index is 0.0401. The lowest BCUT2D eigenvalue weighted by Gasteiger charge is -2.13. The van der Waals surface area contributed by atoms with Gasteiger partial charge in [-0.25, -0.2) is 4.39 Å². The molecule has 1 unspecified atom stereocenters. The molecule has 78 valence electrons. The summed E-state index contributed by atoms with van der Waals surface area (Å²) >= 11 is 8.82. The Hall–Kier alpha value is -0.120. The highest BCUT2D eigenvalue weighted by Gasteiger charge is 2.17. The Morgan fingerprint density at radius 1 is 1.57 bits per heavy atom. The van der Waals surface area contributed by atoms with Crippen molar-refractivity contribution in [2.45, 2.75) is 25.9 Å². The Labute approximate surface area is 96.0 Å². The van der Waals surface area contributed by atoms with Gasteiger partial charge in [-0.05, 0) is 18.6 Å². The van der Waals surface area contributed by atoms with E-state index >= 15 is 0 Å². The Bertz CT molecular complexity index is 330. The predicted octanol–water partition coefficient (Wildman–Crippen LogP) is 4.08. The molecule has 0 heterocycles. The first kappa shape index (κ1) is 12.0. The molecule has 0 aliphatic carbocycles. The Morgan fingerprint density at radius 2 is 2.21 bits per heavy atom. The van der Waals surface area contributed by atoms with Crippen LogP contribution in [0.2, 0.25) is 5.02 Å². The molecule has 4 heteroatoms. The molecular weight excluding hydrogens is 270 g/mol. The summed E-state index contributed by atoms with van der Waals surface area (Å²) in [6.07, 6.45) is 0.517. The maximum Gasteiger partial charge on any atom is 0.148 e. The Kier molecular flexibility index (Phi) is 4.35. The summed E-state index contributed by atoms with van der Waals surface area (Å²) in [5.41, 5.74) is 0.249. The fourth-order valence-electron chi connectivity index (χ4n) is 1.27. The minimum Gasteiger partial charge on any atom is -0.388 e. The highest BCUT2D eigenvalue weighted by atomic mass is 79.9. The third-order valence-corrected chi connectivity index (χ3v) is 2.96. The molecular formula is C10H11BrClFO. The van der Waals surface area contributed by atoms with Crippen molar-refractivity contribution in [3.05, 3.63) is 33.0 Å². The molecule has 0 radical (unpaired) electrons. The second kappa shape index (κ2) is 5.10. The van der Waals surface area contributed by atoms with Crippen LogP contribution in [0.25, 0.3) is 0 Å². The average molecular weight is 282 g/mol. The highest BCUT2D eigenvalue weighted by molar-refractivity contribution is 9.10. The van der Waals surface area contributed by atoms with Gasteiger partial charge in [-0.2, -0.15) is 0 Å². The smallest absolute Gasteiger partial charge is 0.148 e. The SMILES string of the molecule is CCCC(O)c1c(Br)ccc(Cl)c1F. The molecule has 14 heavy (non-hydrogen) atoms. The van der Waals surface area contributed by atoms with Crippen molar-refractivity contribution in [3.63, 3.8) is 0 Å². The largest absolute Gasteiger partial charge is 0.388 e. The molecule has 1 nitrogen and oxygen atoms in total. The average Bonchev–Trinajstić information content (AvgIpc) is 2.13. The van der Waals surface area contributed by atoms with Gasteiger partial charge in [-0.15, -0.1) is 0 Å². The molecule has 1 rings (SSSR count). The van der Waals surface area contributed by atoms with Crippen LogP contribution in [-0.2, 0) is 0 Å². The summed E-state index contributed by atoms with van der Waals surface area (Å²) in [5.74, 6) is -0.540. The van der Waals surface area contributed by atoms with Crippen molar-refractivity contribution in [1.82, 2.24) is 0 Å². The third kappa shape index (κ3) is 2.47. The third-order valence-electron chi connectivity index (χ3n) is 1.97. The van der Waals surface area contributed by atoms with Crippen molar-refractivity contribution < 1.29 is 9.50 Å². The first-order valence-corrected chi connectivity index (χ1v) is 5.56. The quantitative estimate of drug-likeness (QED) is 0.828. The maximum absolute atomic E-state index is 13.5. The van der Waals surface area contributed by atoms with E-state index in [-0.39, 0.29) is 10.6 Å². The molecule has 0 amide bonds. The summed E-state index contributed by atoms with van der Waals surface area (Å²) in [4.78, 5) is 0. The van der Waals surface area contributed by atoms with E-state index in [1.165, 1.54) is 6.07 Å². The van der Waals surface area contributed by atoms with Crippen molar-refractivity contribution >= 4 is 27.5 Å². The fourth-order valence-corrected chi connectivity index (χ4v) is 2.00. The number of benzene rings is 1. The zero-order chi connectivity index (χ0) is 10.7. The number of hydrogen-bond donors (Lipinski definition) is 1. The molecule has 0 bridgehead atoms. The summed E-state index contributed by atoms with van der Waals surface area (Å²) in [6, 6.07) is 3.10. The van der Waals surface area contributed by atoms with E-state index in [0.29, 0.717) is 10.9 Å². The normalized spacial score (nSPS) is 12.9. The van der Waals surface area contributed by atoms with E-state index in [9.17, 15) is 9.50 Å². The minimum atomic E-state index is -0.798. The van der Waals surface area contributed by atoms with Crippen LogP contribution >= 0.6 is 27.5 Å². The van der Waals surface area contributed by atoms with Gasteiger partial charge < -0.3 is 5.11 Å². The van der Waals surface area contributed by atoms with E-state index in [2.05, 4.69) is 15.9 Å². The van der Waals surface area contributed by atoms with Gasteiger partial charge in [0.05, 0.1) is 11.1 Å². The van der Waals surface area contributed by atoms with Crippen LogP contribution in [0.5, 0.6) is 0 Å². The topological polar surface area (TPSA) is 20.2 Å². The highest BCUT2D eigenvalue weighted by Crippen LogP contribution is 2.32. The summed E-state index contributed by atoms with van der Waals surface area (Å²) in [5, 5.41) is 9.72. The monoisotopic (exact) mass is 280 g/mol. The number of rotatable bonds is 3. The van der Waals surface area contributed by atoms with E-state index in [1.54, 1.807) is 6.07 Å². The van der Waals surface area contributed by atoms with E-state index in [0.717, 1.165) is 6.42 Å². The van der Waals surface area contributed by atoms with Gasteiger partial charge in [0.2, 0.25) is 0 Å². The number of aliphatic hydroxyl groups excluding tert-OH is 1. The molecule has 1 aromatic rings. The van der Waals surface area contributed by atoms with E-state index < -0.39 is 11.9 Å². The molecule has 0 saturated heterocycles. The zero-order valence-corrected chi connectivity index (χ0v) is 10.1. The van der Waals surface area contributed by atoms with Gasteiger partial charge in [0.25, 0.3) is 0 Å². The van der Waals surface area contributed by atoms with E-state index in [1.807, 2.05) is 6.92 Å². The molecule has 0 aliphatic heterocycles. The van der Waals surface area contributed by atoms with Crippen molar-refractivity contribution in [3.8, 4) is 0 Å². The molecule has 1 N–H and O–H groups in total. The van der Waals surface area contributed by atoms with Gasteiger partial charge in [0, 0.05) is 10.0 Å². The first-order valence-electron chi connectivity index (χ1n) is 4.39. The van der Waals surface area contributed by atoms with Crippen molar-refractivity contribution in [2.75, 3.05) is 0 Å². The van der Waals surface area contributed by atoms with Crippen LogP contribution < -0.4 is 0 Å². The molecule has 1 atom stereocenters. The van der Waals surface area contributed by atoms with Gasteiger partial charge in [0.15, 0.2) is 0 Å². The zero-order valence-electron chi connectivity index (χ0n) is 7.73. The van der Waals surface area contributed by atoms with Crippen LogP contribution in [0, 0.1) is 5.82 Å². The first-order chi connectivity index (χ1) is 6.57. The summed E-state index contributed by atoms with van der Waals surface area (Å²) in [7, 11) is 0. The van der Waals surface area contributed by atoms with Crippen LogP contribution in [0.3, 0.4) is 0 Å². The fraction of sp³-hybridized carbons (Fsp3) is 0.400. The summed E-state index contributed by atoms with van der Waals surface area (Å²) in [6.45, 7) is 1.93. The van der Waals surface area contributed by atoms with Gasteiger partial charge in [-0.1, -0.05) is 40.9 Å². The van der Waals surface area contributed by atoms with Gasteiger partial charge in [-0.3, -0.25) is 0 Å². The number of aliphatic hydroxyl groups is 1. The molecule has 0 aromatic heterocycles. The molecule has 1 aromatic carbocycles. The van der Waals surface area contributed by atoms with Crippen molar-refractivity contribution in [2.24, 2.45) is 0 Å². The van der Waals surface area contributed by atoms with Gasteiger partial charge >= 0.3 is 0 Å². The number of hydrogen-bond acceptors (Lipinski definition) is 1. The summed E-state index contributed by atoms with van der Waals surface area (Å²) < 4.78 is 14.1. The second-order valence-electron chi connectivity index (χ2n) is 3.06. The maximum atomic E-state index is 13.5. The molecule has 0 spiro atoms. The Balaban J connectivity index is 3.11. The standard InChI is InChI=1S/C10H11BrClFO/c1-2-3-8(14)9-6(11)4-5-7(12)10(9)13/h4-5,8,14H,2-3H2,1H3. The lowest BCUT2D eigenvalue weighted by atomic mass is 10.0. The van der Waals surface area contributed by atoms with Crippen LogP contribution in [0.4, 0.5) is 4.39 Å². The van der Waals surface area contributed by atoms with Crippen LogP contribution in [0.15, 0.2) is 16.6 Å². The van der Waals surface area contributed by atoms with Crippen LogP contribution in [0.1, 0.15) is 31.4 Å². The molecule has 0 aliphatic rings. The second-order valence-corrected chi connectivity index (χ2v) is 4.32. The van der Waals surface area contributed by atoms with Crippen LogP contribution in [-0.4, -0.2) is 5.11 Å². The lowest BCUT2D eigenvalue weighted by Crippen LogP contribution is -2.02. The molecule has 0 saturated carbocycles.